The molecule has 21 heavy (non-hydrogen) atoms. The average molecular weight is 323 g/mol. The van der Waals surface area contributed by atoms with Crippen molar-refractivity contribution in [1.29, 1.82) is 0 Å². The number of amides is 1. The number of carbonyl (C=O) groups is 1. The number of benzene rings is 1. The molecule has 110 valence electrons. The molecule has 1 saturated heterocycles. The van der Waals surface area contributed by atoms with Crippen LogP contribution >= 0.6 is 24.0 Å². The van der Waals surface area contributed by atoms with Crippen LogP contribution in [0.5, 0.6) is 0 Å². The maximum absolute atomic E-state index is 12.1. The lowest BCUT2D eigenvalue weighted by atomic mass is 10.2. The summed E-state index contributed by atoms with van der Waals surface area (Å²) in [6.45, 7) is 4.36. The molecule has 1 amide bonds. The molecule has 0 radical (unpaired) electrons. The van der Waals surface area contributed by atoms with E-state index in [2.05, 4.69) is 11.9 Å². The second-order valence-corrected chi connectivity index (χ2v) is 6.13. The van der Waals surface area contributed by atoms with Crippen molar-refractivity contribution in [1.82, 2.24) is 4.90 Å². The van der Waals surface area contributed by atoms with Crippen LogP contribution in [0.3, 0.4) is 0 Å². The second kappa shape index (κ2) is 6.68. The van der Waals surface area contributed by atoms with Crippen molar-refractivity contribution in [2.45, 2.75) is 5.25 Å². The number of nitro benzene ring substituents is 1. The molecule has 0 bridgehead atoms. The summed E-state index contributed by atoms with van der Waals surface area (Å²) in [5.74, 6) is -0.0668. The van der Waals surface area contributed by atoms with Gasteiger partial charge in [-0.2, -0.15) is 0 Å². The number of thiocarbonyl (C=S) groups is 1. The van der Waals surface area contributed by atoms with Gasteiger partial charge < -0.3 is 5.32 Å². The molecule has 6 nitrogen and oxygen atoms in total. The summed E-state index contributed by atoms with van der Waals surface area (Å²) in [6, 6.07) is 6.17. The van der Waals surface area contributed by atoms with E-state index in [-0.39, 0.29) is 16.8 Å². The number of carbonyl (C=O) groups excluding carboxylic acids is 1. The second-order valence-electron chi connectivity index (χ2n) is 4.30. The first-order chi connectivity index (χ1) is 10.0. The van der Waals surface area contributed by atoms with E-state index in [1.807, 2.05) is 0 Å². The Morgan fingerprint density at radius 1 is 1.57 bits per heavy atom. The Morgan fingerprint density at radius 3 is 3.00 bits per heavy atom. The standard InChI is InChI=1S/C13H13N3O3S2/c1-2-6-15-12(17)11(21-13(15)20)8-14-9-4-3-5-10(7-9)16(18)19/h2-5,7,11,14H,1,6,8H2. The highest BCUT2D eigenvalue weighted by Gasteiger charge is 2.35. The van der Waals surface area contributed by atoms with E-state index in [4.69, 9.17) is 12.2 Å². The smallest absolute Gasteiger partial charge is 0.271 e. The summed E-state index contributed by atoms with van der Waals surface area (Å²) >= 11 is 6.46. The highest BCUT2D eigenvalue weighted by molar-refractivity contribution is 8.24. The fourth-order valence-corrected chi connectivity index (χ4v) is 3.30. The number of nitrogens with one attached hydrogen (secondary N) is 1. The predicted molar refractivity (Wildman–Crippen MR) is 87.5 cm³/mol. The maximum atomic E-state index is 12.1. The highest BCUT2D eigenvalue weighted by atomic mass is 32.2. The number of nitrogens with zero attached hydrogens (tertiary/aromatic N) is 2. The zero-order valence-corrected chi connectivity index (χ0v) is 12.7. The van der Waals surface area contributed by atoms with Crippen molar-refractivity contribution in [3.8, 4) is 0 Å². The monoisotopic (exact) mass is 323 g/mol. The molecule has 0 saturated carbocycles. The lowest BCUT2D eigenvalue weighted by molar-refractivity contribution is -0.384. The molecule has 1 N–H and O–H groups in total. The SMILES string of the molecule is C=CCN1C(=O)C(CNc2cccc([N+](=O)[O-])c2)SC1=S. The summed E-state index contributed by atoms with van der Waals surface area (Å²) in [5.41, 5.74) is 0.611. The topological polar surface area (TPSA) is 75.5 Å². The molecular formula is C13H13N3O3S2. The zero-order valence-electron chi connectivity index (χ0n) is 11.0. The number of thioether (sulfide) groups is 1. The average Bonchev–Trinajstić information content (AvgIpc) is 2.73. The van der Waals surface area contributed by atoms with Crippen LogP contribution in [-0.4, -0.2) is 38.4 Å². The normalized spacial score (nSPS) is 17.9. The van der Waals surface area contributed by atoms with Crippen LogP contribution in [0.25, 0.3) is 0 Å². The van der Waals surface area contributed by atoms with Gasteiger partial charge >= 0.3 is 0 Å². The third-order valence-electron chi connectivity index (χ3n) is 2.87. The minimum atomic E-state index is -0.457. The summed E-state index contributed by atoms with van der Waals surface area (Å²) < 4.78 is 0.533. The largest absolute Gasteiger partial charge is 0.383 e. The summed E-state index contributed by atoms with van der Waals surface area (Å²) in [5, 5.41) is 13.4. The maximum Gasteiger partial charge on any atom is 0.271 e. The lowest BCUT2D eigenvalue weighted by Gasteiger charge is -2.13. The molecule has 8 heteroatoms. The first kappa shape index (κ1) is 15.5. The zero-order chi connectivity index (χ0) is 15.4. The van der Waals surface area contributed by atoms with Crippen LogP contribution in [0, 0.1) is 10.1 Å². The lowest BCUT2D eigenvalue weighted by Crippen LogP contribution is -2.34. The van der Waals surface area contributed by atoms with Gasteiger partial charge in [0.25, 0.3) is 5.69 Å². The molecule has 0 aliphatic carbocycles. The van der Waals surface area contributed by atoms with Crippen LogP contribution in [-0.2, 0) is 4.79 Å². The van der Waals surface area contributed by atoms with Gasteiger partial charge in [-0.25, -0.2) is 0 Å². The first-order valence-electron chi connectivity index (χ1n) is 6.14. The van der Waals surface area contributed by atoms with Gasteiger partial charge in [0.15, 0.2) is 0 Å². The summed E-state index contributed by atoms with van der Waals surface area (Å²) in [7, 11) is 0. The van der Waals surface area contributed by atoms with Gasteiger partial charge in [0.2, 0.25) is 5.91 Å². The van der Waals surface area contributed by atoms with E-state index in [0.29, 0.717) is 23.1 Å². The molecule has 1 fully saturated rings. The minimum Gasteiger partial charge on any atom is -0.383 e. The van der Waals surface area contributed by atoms with E-state index in [1.165, 1.54) is 28.8 Å². The molecule has 1 aromatic carbocycles. The van der Waals surface area contributed by atoms with Crippen LogP contribution < -0.4 is 5.32 Å². The third kappa shape index (κ3) is 3.59. The van der Waals surface area contributed by atoms with Crippen molar-refractivity contribution in [3.05, 3.63) is 47.0 Å². The Balaban J connectivity index is 1.99. The molecule has 1 aliphatic heterocycles. The number of anilines is 1. The Labute approximate surface area is 131 Å². The van der Waals surface area contributed by atoms with Gasteiger partial charge in [-0.3, -0.25) is 19.8 Å². The predicted octanol–water partition coefficient (Wildman–Crippen LogP) is 2.42. The van der Waals surface area contributed by atoms with Gasteiger partial charge in [-0.15, -0.1) is 6.58 Å². The fourth-order valence-electron chi connectivity index (χ4n) is 1.86. The van der Waals surface area contributed by atoms with Crippen LogP contribution in [0.4, 0.5) is 11.4 Å². The van der Waals surface area contributed by atoms with Gasteiger partial charge in [-0.1, -0.05) is 36.1 Å². The van der Waals surface area contributed by atoms with Crippen molar-refractivity contribution in [2.24, 2.45) is 0 Å². The molecule has 1 heterocycles. The van der Waals surface area contributed by atoms with Gasteiger partial charge in [0, 0.05) is 30.9 Å². The van der Waals surface area contributed by atoms with E-state index in [0.717, 1.165) is 0 Å². The van der Waals surface area contributed by atoms with Gasteiger partial charge in [0.05, 0.1) is 4.92 Å². The molecule has 2 rings (SSSR count). The number of nitro groups is 1. The van der Waals surface area contributed by atoms with E-state index >= 15 is 0 Å². The van der Waals surface area contributed by atoms with Crippen molar-refractivity contribution >= 4 is 45.6 Å². The van der Waals surface area contributed by atoms with E-state index in [1.54, 1.807) is 18.2 Å². The van der Waals surface area contributed by atoms with Crippen LogP contribution in [0.15, 0.2) is 36.9 Å². The molecule has 1 aromatic rings. The van der Waals surface area contributed by atoms with Crippen molar-refractivity contribution < 1.29 is 9.72 Å². The quantitative estimate of drug-likeness (QED) is 0.375. The molecule has 0 aromatic heterocycles. The minimum absolute atomic E-state index is 0.00852. The van der Waals surface area contributed by atoms with Crippen LogP contribution in [0.2, 0.25) is 0 Å². The van der Waals surface area contributed by atoms with E-state index < -0.39 is 4.92 Å². The summed E-state index contributed by atoms with van der Waals surface area (Å²) in [4.78, 5) is 23.9. The molecule has 0 spiro atoms. The van der Waals surface area contributed by atoms with Crippen molar-refractivity contribution in [2.75, 3.05) is 18.4 Å². The number of non-ortho nitro benzene ring substituents is 1. The third-order valence-corrected chi connectivity index (χ3v) is 4.45. The first-order valence-corrected chi connectivity index (χ1v) is 7.43. The fraction of sp³-hybridized carbons (Fsp3) is 0.231. The Bertz CT molecular complexity index is 606. The van der Waals surface area contributed by atoms with Crippen LogP contribution in [0.1, 0.15) is 0 Å². The Kier molecular flexibility index (Phi) is 4.92. The highest BCUT2D eigenvalue weighted by Crippen LogP contribution is 2.27. The molecule has 1 atom stereocenters. The van der Waals surface area contributed by atoms with Crippen molar-refractivity contribution in [3.63, 3.8) is 0 Å². The Hall–Kier alpha value is -1.93. The number of hydrogen-bond acceptors (Lipinski definition) is 6. The number of rotatable bonds is 6. The van der Waals surface area contributed by atoms with Gasteiger partial charge in [-0.05, 0) is 6.07 Å². The molecule has 1 aliphatic rings. The Morgan fingerprint density at radius 2 is 2.33 bits per heavy atom. The van der Waals surface area contributed by atoms with Gasteiger partial charge in [0.1, 0.15) is 9.57 Å². The van der Waals surface area contributed by atoms with E-state index in [9.17, 15) is 14.9 Å². The molecular weight excluding hydrogens is 310 g/mol. The number of hydrogen-bond donors (Lipinski definition) is 1. The summed E-state index contributed by atoms with van der Waals surface area (Å²) in [6.07, 6.45) is 1.63. The molecule has 1 unspecified atom stereocenters.